The van der Waals surface area contributed by atoms with Crippen LogP contribution in [-0.4, -0.2) is 13.0 Å². The molecule has 0 spiro atoms. The molecule has 0 saturated carbocycles. The number of hydrogen-bond acceptors (Lipinski definition) is 5. The molecule has 1 aromatic rings. The lowest BCUT2D eigenvalue weighted by molar-refractivity contribution is -0.125. The number of hydrogen-bond donors (Lipinski definition) is 1. The first-order chi connectivity index (χ1) is 11.3. The summed E-state index contributed by atoms with van der Waals surface area (Å²) in [6, 6.07) is 8.65. The first kappa shape index (κ1) is 17.8. The van der Waals surface area contributed by atoms with E-state index in [9.17, 15) is 19.7 Å². The zero-order valence-corrected chi connectivity index (χ0v) is 14.3. The SMILES string of the molecule is COc1ccc(CSC2=C(C#N)C(C)(C)[C@H](C#N)C(=O)N2)cc1F. The number of rotatable bonds is 4. The van der Waals surface area contributed by atoms with Crippen molar-refractivity contribution in [1.29, 1.82) is 10.5 Å². The van der Waals surface area contributed by atoms with Crippen molar-refractivity contribution in [3.05, 3.63) is 40.2 Å². The van der Waals surface area contributed by atoms with Crippen LogP contribution in [0.2, 0.25) is 0 Å². The van der Waals surface area contributed by atoms with E-state index in [1.54, 1.807) is 19.9 Å². The normalized spacial score (nSPS) is 19.2. The fourth-order valence-corrected chi connectivity index (χ4v) is 3.61. The molecule has 0 radical (unpaired) electrons. The van der Waals surface area contributed by atoms with Crippen molar-refractivity contribution >= 4 is 17.7 Å². The lowest BCUT2D eigenvalue weighted by Gasteiger charge is -2.34. The third-order valence-corrected chi connectivity index (χ3v) is 5.00. The van der Waals surface area contributed by atoms with Crippen molar-refractivity contribution in [3.63, 3.8) is 0 Å². The standard InChI is InChI=1S/C17H16FN3O2S/c1-17(2)11(7-19)15(22)21-16(12(17)8-20)24-9-10-4-5-14(23-3)13(18)6-10/h4-6,11H,9H2,1-3H3,(H,21,22)/t11-/m1/s1. The molecule has 1 aliphatic heterocycles. The van der Waals surface area contributed by atoms with Gasteiger partial charge in [-0.05, 0) is 17.7 Å². The van der Waals surface area contributed by atoms with Crippen molar-refractivity contribution in [2.24, 2.45) is 11.3 Å². The Kier molecular flexibility index (Phi) is 5.16. The minimum absolute atomic E-state index is 0.157. The highest BCUT2D eigenvalue weighted by Crippen LogP contribution is 2.42. The van der Waals surface area contributed by atoms with Crippen molar-refractivity contribution in [3.8, 4) is 17.9 Å². The van der Waals surface area contributed by atoms with E-state index in [1.165, 1.54) is 31.0 Å². The quantitative estimate of drug-likeness (QED) is 0.906. The summed E-state index contributed by atoms with van der Waals surface area (Å²) in [6.45, 7) is 3.40. The molecule has 0 aliphatic carbocycles. The van der Waals surface area contributed by atoms with Crippen LogP contribution in [0.25, 0.3) is 0 Å². The number of nitrogens with zero attached hydrogens (tertiary/aromatic N) is 2. The van der Waals surface area contributed by atoms with Gasteiger partial charge in [-0.1, -0.05) is 19.9 Å². The molecule has 0 unspecified atom stereocenters. The van der Waals surface area contributed by atoms with E-state index >= 15 is 0 Å². The summed E-state index contributed by atoms with van der Waals surface area (Å²) in [6.07, 6.45) is 0. The number of benzene rings is 1. The molecule has 1 aromatic carbocycles. The third-order valence-electron chi connectivity index (χ3n) is 3.93. The van der Waals surface area contributed by atoms with Crippen LogP contribution < -0.4 is 10.1 Å². The Morgan fingerprint density at radius 1 is 1.42 bits per heavy atom. The van der Waals surface area contributed by atoms with Crippen LogP contribution in [0.3, 0.4) is 0 Å². The van der Waals surface area contributed by atoms with Crippen molar-refractivity contribution in [2.75, 3.05) is 7.11 Å². The summed E-state index contributed by atoms with van der Waals surface area (Å²) in [5.41, 5.74) is 0.171. The summed E-state index contributed by atoms with van der Waals surface area (Å²) in [5, 5.41) is 21.7. The Bertz CT molecular complexity index is 790. The van der Waals surface area contributed by atoms with E-state index in [1.807, 2.05) is 6.07 Å². The largest absolute Gasteiger partial charge is 0.494 e. The fourth-order valence-electron chi connectivity index (χ4n) is 2.49. The lowest BCUT2D eigenvalue weighted by atomic mass is 9.72. The van der Waals surface area contributed by atoms with Gasteiger partial charge in [0.1, 0.15) is 5.92 Å². The van der Waals surface area contributed by atoms with Gasteiger partial charge in [-0.3, -0.25) is 4.79 Å². The summed E-state index contributed by atoms with van der Waals surface area (Å²) >= 11 is 1.23. The van der Waals surface area contributed by atoms with E-state index in [0.29, 0.717) is 21.9 Å². The highest BCUT2D eigenvalue weighted by atomic mass is 32.2. The molecule has 1 atom stereocenters. The molecule has 1 N–H and O–H groups in total. The number of nitrogens with one attached hydrogen (secondary N) is 1. The number of carbonyl (C=O) groups excluding carboxylic acids is 1. The molecular weight excluding hydrogens is 329 g/mol. The number of nitriles is 2. The predicted molar refractivity (Wildman–Crippen MR) is 87.9 cm³/mol. The van der Waals surface area contributed by atoms with Gasteiger partial charge in [0.2, 0.25) is 5.91 Å². The smallest absolute Gasteiger partial charge is 0.243 e. The van der Waals surface area contributed by atoms with Gasteiger partial charge in [0, 0.05) is 11.2 Å². The Morgan fingerprint density at radius 3 is 2.67 bits per heavy atom. The average molecular weight is 345 g/mol. The molecule has 0 fully saturated rings. The van der Waals surface area contributed by atoms with Gasteiger partial charge in [0.15, 0.2) is 11.6 Å². The van der Waals surface area contributed by atoms with Crippen molar-refractivity contribution < 1.29 is 13.9 Å². The maximum atomic E-state index is 13.7. The van der Waals surface area contributed by atoms with Crippen LogP contribution in [0.5, 0.6) is 5.75 Å². The monoisotopic (exact) mass is 345 g/mol. The van der Waals surface area contributed by atoms with E-state index in [2.05, 4.69) is 11.4 Å². The molecule has 5 nitrogen and oxygen atoms in total. The molecule has 1 aliphatic rings. The van der Waals surface area contributed by atoms with Crippen LogP contribution in [0.15, 0.2) is 28.8 Å². The van der Waals surface area contributed by atoms with Crippen LogP contribution in [0.1, 0.15) is 19.4 Å². The zero-order valence-electron chi connectivity index (χ0n) is 13.5. The molecule has 1 amide bonds. The molecule has 0 aromatic heterocycles. The second-order valence-electron chi connectivity index (χ2n) is 5.85. The number of allylic oxidation sites excluding steroid dienone is 1. The van der Waals surface area contributed by atoms with E-state index in [-0.39, 0.29) is 5.75 Å². The highest BCUT2D eigenvalue weighted by Gasteiger charge is 2.44. The molecule has 2 rings (SSSR count). The zero-order chi connectivity index (χ0) is 17.9. The molecular formula is C17H16FN3O2S. The lowest BCUT2D eigenvalue weighted by Crippen LogP contribution is -2.44. The number of methoxy groups -OCH3 is 1. The van der Waals surface area contributed by atoms with Gasteiger partial charge >= 0.3 is 0 Å². The van der Waals surface area contributed by atoms with E-state index in [4.69, 9.17) is 4.74 Å². The molecule has 7 heteroatoms. The second-order valence-corrected chi connectivity index (χ2v) is 6.83. The minimum Gasteiger partial charge on any atom is -0.494 e. The van der Waals surface area contributed by atoms with Crippen LogP contribution in [0.4, 0.5) is 4.39 Å². The first-order valence-corrected chi connectivity index (χ1v) is 8.14. The van der Waals surface area contributed by atoms with E-state index in [0.717, 1.165) is 0 Å². The molecule has 124 valence electrons. The van der Waals surface area contributed by atoms with Gasteiger partial charge in [-0.2, -0.15) is 10.5 Å². The Hall–Kier alpha value is -2.51. The fraction of sp³-hybridized carbons (Fsp3) is 0.353. The molecule has 24 heavy (non-hydrogen) atoms. The van der Waals surface area contributed by atoms with Gasteiger partial charge in [-0.25, -0.2) is 4.39 Å². The minimum atomic E-state index is -0.921. The summed E-state index contributed by atoms with van der Waals surface area (Å²) in [5.74, 6) is -1.29. The topological polar surface area (TPSA) is 85.9 Å². The summed E-state index contributed by atoms with van der Waals surface area (Å²) < 4.78 is 18.6. The van der Waals surface area contributed by atoms with Crippen LogP contribution >= 0.6 is 11.8 Å². The number of carbonyl (C=O) groups is 1. The first-order valence-electron chi connectivity index (χ1n) is 7.15. The van der Waals surface area contributed by atoms with Gasteiger partial charge < -0.3 is 10.1 Å². The Morgan fingerprint density at radius 2 is 2.12 bits per heavy atom. The summed E-state index contributed by atoms with van der Waals surface area (Å²) in [7, 11) is 1.39. The van der Waals surface area contributed by atoms with Crippen LogP contribution in [-0.2, 0) is 10.5 Å². The van der Waals surface area contributed by atoms with Crippen LogP contribution in [0, 0.1) is 39.8 Å². The maximum Gasteiger partial charge on any atom is 0.243 e. The van der Waals surface area contributed by atoms with Gasteiger partial charge in [-0.15, -0.1) is 11.8 Å². The Labute approximate surface area is 144 Å². The predicted octanol–water partition coefficient (Wildman–Crippen LogP) is 3.10. The molecule has 0 bridgehead atoms. The molecule has 1 heterocycles. The van der Waals surface area contributed by atoms with Crippen molar-refractivity contribution in [2.45, 2.75) is 19.6 Å². The Balaban J connectivity index is 2.26. The maximum absolute atomic E-state index is 13.7. The van der Waals surface area contributed by atoms with Gasteiger partial charge in [0.05, 0.1) is 29.9 Å². The second kappa shape index (κ2) is 6.94. The van der Waals surface area contributed by atoms with E-state index < -0.39 is 23.1 Å². The summed E-state index contributed by atoms with van der Waals surface area (Å²) in [4.78, 5) is 12.1. The van der Waals surface area contributed by atoms with Crippen molar-refractivity contribution in [1.82, 2.24) is 5.32 Å². The number of ether oxygens (including phenoxy) is 1. The molecule has 0 saturated heterocycles. The number of halogens is 1. The number of amides is 1. The third kappa shape index (κ3) is 3.22. The number of thioether (sulfide) groups is 1. The van der Waals surface area contributed by atoms with Gasteiger partial charge in [0.25, 0.3) is 0 Å². The average Bonchev–Trinajstić information content (AvgIpc) is 2.52. The highest BCUT2D eigenvalue weighted by molar-refractivity contribution is 8.02.